The van der Waals surface area contributed by atoms with E-state index in [2.05, 4.69) is 17.2 Å². The minimum Gasteiger partial charge on any atom is -0.444 e. The van der Waals surface area contributed by atoms with Gasteiger partial charge in [0.05, 0.1) is 5.01 Å². The Morgan fingerprint density at radius 2 is 2.00 bits per heavy atom. The van der Waals surface area contributed by atoms with Gasteiger partial charge in [-0.1, -0.05) is 6.92 Å². The molecule has 1 aliphatic rings. The molecule has 0 aromatic carbocycles. The Morgan fingerprint density at radius 1 is 1.29 bits per heavy atom. The molecule has 0 radical (unpaired) electrons. The van der Waals surface area contributed by atoms with Gasteiger partial charge in [-0.3, -0.25) is 4.79 Å². The molecule has 8 heteroatoms. The van der Waals surface area contributed by atoms with Crippen molar-refractivity contribution >= 4 is 23.3 Å². The first-order valence-electron chi connectivity index (χ1n) is 10.1. The smallest absolute Gasteiger partial charge is 0.410 e. The van der Waals surface area contributed by atoms with E-state index in [1.807, 2.05) is 26.2 Å². The van der Waals surface area contributed by atoms with E-state index in [-0.39, 0.29) is 17.9 Å². The molecule has 28 heavy (non-hydrogen) atoms. The fourth-order valence-corrected chi connectivity index (χ4v) is 3.90. The van der Waals surface area contributed by atoms with Gasteiger partial charge in [0.1, 0.15) is 11.3 Å². The molecule has 1 aromatic rings. The minimum atomic E-state index is -0.479. The maximum absolute atomic E-state index is 12.2. The van der Waals surface area contributed by atoms with Gasteiger partial charge < -0.3 is 19.7 Å². The highest BCUT2D eigenvalue weighted by Gasteiger charge is 2.29. The number of nitrogens with one attached hydrogen (secondary N) is 1. The van der Waals surface area contributed by atoms with Gasteiger partial charge in [0.2, 0.25) is 0 Å². The van der Waals surface area contributed by atoms with Crippen LogP contribution in [0, 0.1) is 0 Å². The van der Waals surface area contributed by atoms with Crippen LogP contribution in [-0.2, 0) is 9.47 Å². The highest BCUT2D eigenvalue weighted by molar-refractivity contribution is 7.09. The van der Waals surface area contributed by atoms with E-state index in [0.717, 1.165) is 37.3 Å². The van der Waals surface area contributed by atoms with Crippen LogP contribution in [0.3, 0.4) is 0 Å². The lowest BCUT2D eigenvalue weighted by molar-refractivity contribution is 0.0204. The number of thiazole rings is 1. The van der Waals surface area contributed by atoms with Gasteiger partial charge in [-0.25, -0.2) is 9.78 Å². The van der Waals surface area contributed by atoms with Crippen molar-refractivity contribution in [1.82, 2.24) is 15.2 Å². The molecule has 1 fully saturated rings. The molecule has 0 saturated carbocycles. The first kappa shape index (κ1) is 22.6. The second-order valence-corrected chi connectivity index (χ2v) is 8.92. The summed E-state index contributed by atoms with van der Waals surface area (Å²) in [5, 5.41) is 5.68. The van der Waals surface area contributed by atoms with Crippen molar-refractivity contribution in [3.8, 4) is 0 Å². The van der Waals surface area contributed by atoms with Gasteiger partial charge >= 0.3 is 6.09 Å². The maximum atomic E-state index is 12.2. The number of carbonyl (C=O) groups is 2. The van der Waals surface area contributed by atoms with Crippen molar-refractivity contribution < 1.29 is 19.1 Å². The van der Waals surface area contributed by atoms with Crippen LogP contribution in [0.15, 0.2) is 5.38 Å². The molecular formula is C20H33N3O4S. The van der Waals surface area contributed by atoms with Crippen molar-refractivity contribution in [1.29, 1.82) is 0 Å². The number of ether oxygens (including phenoxy) is 2. The topological polar surface area (TPSA) is 80.8 Å². The first-order valence-corrected chi connectivity index (χ1v) is 11.0. The van der Waals surface area contributed by atoms with Gasteiger partial charge in [-0.2, -0.15) is 0 Å². The predicted molar refractivity (Wildman–Crippen MR) is 110 cm³/mol. The Hall–Kier alpha value is -1.67. The van der Waals surface area contributed by atoms with Crippen LogP contribution < -0.4 is 5.32 Å². The Morgan fingerprint density at radius 3 is 2.64 bits per heavy atom. The number of rotatable bonds is 8. The van der Waals surface area contributed by atoms with E-state index in [9.17, 15) is 9.59 Å². The Bertz CT molecular complexity index is 634. The fourth-order valence-electron chi connectivity index (χ4n) is 2.93. The quantitative estimate of drug-likeness (QED) is 0.658. The second-order valence-electron chi connectivity index (χ2n) is 8.03. The van der Waals surface area contributed by atoms with E-state index < -0.39 is 5.60 Å². The van der Waals surface area contributed by atoms with Crippen LogP contribution in [0.25, 0.3) is 0 Å². The van der Waals surface area contributed by atoms with E-state index in [1.165, 1.54) is 11.3 Å². The Kier molecular flexibility index (Phi) is 8.69. The van der Waals surface area contributed by atoms with Crippen molar-refractivity contribution in [2.24, 2.45) is 0 Å². The van der Waals surface area contributed by atoms with Crippen LogP contribution in [0.5, 0.6) is 0 Å². The summed E-state index contributed by atoms with van der Waals surface area (Å²) < 4.78 is 10.8. The summed E-state index contributed by atoms with van der Waals surface area (Å²) in [6.07, 6.45) is 3.22. The summed E-state index contributed by atoms with van der Waals surface area (Å²) >= 11 is 1.52. The molecule has 0 atom stereocenters. The van der Waals surface area contributed by atoms with Crippen LogP contribution in [0.2, 0.25) is 0 Å². The highest BCUT2D eigenvalue weighted by atomic mass is 32.1. The number of hydrogen-bond acceptors (Lipinski definition) is 6. The number of amides is 2. The molecule has 0 aliphatic carbocycles. The second kappa shape index (κ2) is 10.8. The van der Waals surface area contributed by atoms with Crippen LogP contribution in [0.4, 0.5) is 4.79 Å². The molecule has 0 unspecified atom stereocenters. The van der Waals surface area contributed by atoms with Gasteiger partial charge in [0, 0.05) is 44.1 Å². The number of hydrogen-bond donors (Lipinski definition) is 1. The third-order valence-corrected chi connectivity index (χ3v) is 5.36. The minimum absolute atomic E-state index is 0.135. The monoisotopic (exact) mass is 411 g/mol. The molecule has 0 bridgehead atoms. The fraction of sp³-hybridized carbons (Fsp3) is 0.750. The number of carbonyl (C=O) groups excluding carboxylic acids is 2. The van der Waals surface area contributed by atoms with Crippen molar-refractivity contribution in [3.05, 3.63) is 16.1 Å². The third kappa shape index (κ3) is 7.39. The number of aromatic nitrogens is 1. The SMILES string of the molecule is CCCOCCCNC(=O)c1csc(C2CCN(C(=O)OC(C)(C)C)CC2)n1. The van der Waals surface area contributed by atoms with Crippen LogP contribution in [-0.4, -0.2) is 60.3 Å². The summed E-state index contributed by atoms with van der Waals surface area (Å²) in [5.74, 6) is 0.150. The van der Waals surface area contributed by atoms with Crippen LogP contribution in [0.1, 0.15) is 74.8 Å². The predicted octanol–water partition coefficient (Wildman–Crippen LogP) is 3.80. The molecule has 2 rings (SSSR count). The average Bonchev–Trinajstić information content (AvgIpc) is 3.13. The van der Waals surface area contributed by atoms with Crippen molar-refractivity contribution in [2.75, 3.05) is 32.8 Å². The van der Waals surface area contributed by atoms with Crippen molar-refractivity contribution in [3.63, 3.8) is 0 Å². The van der Waals surface area contributed by atoms with Gasteiger partial charge in [0.15, 0.2) is 0 Å². The zero-order chi connectivity index (χ0) is 20.6. The van der Waals surface area contributed by atoms with E-state index in [1.54, 1.807) is 4.90 Å². The molecule has 1 N–H and O–H groups in total. The van der Waals surface area contributed by atoms with Gasteiger partial charge in [-0.05, 0) is 46.5 Å². The first-order chi connectivity index (χ1) is 13.3. The summed E-state index contributed by atoms with van der Waals surface area (Å²) in [7, 11) is 0. The summed E-state index contributed by atoms with van der Waals surface area (Å²) in [6, 6.07) is 0. The summed E-state index contributed by atoms with van der Waals surface area (Å²) in [4.78, 5) is 30.7. The van der Waals surface area contributed by atoms with Crippen molar-refractivity contribution in [2.45, 2.75) is 64.9 Å². The Balaban J connectivity index is 1.75. The molecule has 1 saturated heterocycles. The molecule has 7 nitrogen and oxygen atoms in total. The maximum Gasteiger partial charge on any atom is 0.410 e. The third-order valence-electron chi connectivity index (χ3n) is 4.35. The molecular weight excluding hydrogens is 378 g/mol. The lowest BCUT2D eigenvalue weighted by Crippen LogP contribution is -2.41. The zero-order valence-electron chi connectivity index (χ0n) is 17.5. The Labute approximate surface area is 171 Å². The lowest BCUT2D eigenvalue weighted by atomic mass is 9.98. The standard InChI is InChI=1S/C20H33N3O4S/c1-5-12-26-13-6-9-21-17(24)16-14-28-18(22-16)15-7-10-23(11-8-15)19(25)27-20(2,3)4/h14-15H,5-13H2,1-4H3,(H,21,24). The number of piperidine rings is 1. The molecule has 2 heterocycles. The van der Waals surface area contributed by atoms with Crippen LogP contribution >= 0.6 is 11.3 Å². The van der Waals surface area contributed by atoms with E-state index >= 15 is 0 Å². The zero-order valence-corrected chi connectivity index (χ0v) is 18.3. The van der Waals surface area contributed by atoms with E-state index in [4.69, 9.17) is 9.47 Å². The molecule has 1 aliphatic heterocycles. The summed E-state index contributed by atoms with van der Waals surface area (Å²) in [6.45, 7) is 11.0. The van der Waals surface area contributed by atoms with Gasteiger partial charge in [0.25, 0.3) is 5.91 Å². The molecule has 158 valence electrons. The largest absolute Gasteiger partial charge is 0.444 e. The molecule has 2 amide bonds. The highest BCUT2D eigenvalue weighted by Crippen LogP contribution is 2.30. The summed E-state index contributed by atoms with van der Waals surface area (Å²) in [5.41, 5.74) is -0.00257. The van der Waals surface area contributed by atoms with E-state index in [0.29, 0.717) is 31.9 Å². The molecule has 0 spiro atoms. The normalized spacial score (nSPS) is 15.5. The average molecular weight is 412 g/mol. The molecule has 1 aromatic heterocycles. The number of likely N-dealkylation sites (tertiary alicyclic amines) is 1. The number of nitrogens with zero attached hydrogens (tertiary/aromatic N) is 2. The van der Waals surface area contributed by atoms with Gasteiger partial charge in [-0.15, -0.1) is 11.3 Å². The lowest BCUT2D eigenvalue weighted by Gasteiger charge is -2.32.